The van der Waals surface area contributed by atoms with Crippen LogP contribution in [0.2, 0.25) is 0 Å². The third kappa shape index (κ3) is 4.04. The van der Waals surface area contributed by atoms with E-state index in [-0.39, 0.29) is 17.1 Å². The molecular weight excluding hydrogens is 412 g/mol. The lowest BCUT2D eigenvalue weighted by Gasteiger charge is -2.07. The first kappa shape index (κ1) is 20.3. The minimum absolute atomic E-state index is 0.00117. The Morgan fingerprint density at radius 1 is 1.06 bits per heavy atom. The largest absolute Gasteiger partial charge is 0.286 e. The van der Waals surface area contributed by atoms with Crippen molar-refractivity contribution >= 4 is 26.8 Å². The minimum Gasteiger partial charge on any atom is -0.266 e. The number of benzene rings is 3. The van der Waals surface area contributed by atoms with E-state index in [0.29, 0.717) is 16.5 Å². The second-order valence-corrected chi connectivity index (χ2v) is 8.73. The highest BCUT2D eigenvalue weighted by atomic mass is 32.2. The summed E-state index contributed by atoms with van der Waals surface area (Å²) in [5, 5.41) is 14.3. The van der Waals surface area contributed by atoms with Gasteiger partial charge in [-0.1, -0.05) is 48.5 Å². The zero-order chi connectivity index (χ0) is 22.0. The summed E-state index contributed by atoms with van der Waals surface area (Å²) >= 11 is 0. The third-order valence-corrected chi connectivity index (χ3v) is 6.19. The molecule has 0 fully saturated rings. The molecule has 1 heterocycles. The number of nitrogens with one attached hydrogen (secondary N) is 1. The van der Waals surface area contributed by atoms with Crippen LogP contribution in [-0.4, -0.2) is 24.1 Å². The Kier molecular flexibility index (Phi) is 5.28. The van der Waals surface area contributed by atoms with E-state index in [0.717, 1.165) is 11.1 Å². The maximum atomic E-state index is 12.9. The number of aryl methyl sites for hydroxylation is 1. The van der Waals surface area contributed by atoms with Gasteiger partial charge >= 0.3 is 0 Å². The van der Waals surface area contributed by atoms with Crippen LogP contribution in [0.15, 0.2) is 77.7 Å². The number of hydrogen-bond acceptors (Lipinski definition) is 5. The minimum atomic E-state index is -4.05. The summed E-state index contributed by atoms with van der Waals surface area (Å²) in [5.74, 6) is -0.815. The first-order valence-electron chi connectivity index (χ1n) is 9.46. The Balaban J connectivity index is 1.72. The van der Waals surface area contributed by atoms with E-state index in [2.05, 4.69) is 15.9 Å². The van der Waals surface area contributed by atoms with Gasteiger partial charge < -0.3 is 0 Å². The van der Waals surface area contributed by atoms with Crippen molar-refractivity contribution in [1.29, 1.82) is 5.26 Å². The number of carbonyl (C=O) groups is 1. The van der Waals surface area contributed by atoms with Gasteiger partial charge in [-0.25, -0.2) is 13.1 Å². The summed E-state index contributed by atoms with van der Waals surface area (Å²) < 4.78 is 29.1. The Morgan fingerprint density at radius 2 is 1.81 bits per heavy atom. The fraction of sp³-hybridized carbons (Fsp3) is 0.0870. The normalized spacial score (nSPS) is 11.2. The average Bonchev–Trinajstić information content (AvgIpc) is 3.13. The van der Waals surface area contributed by atoms with Crippen molar-refractivity contribution in [3.63, 3.8) is 0 Å². The molecule has 0 atom stereocenters. The second-order valence-electron chi connectivity index (χ2n) is 7.04. The molecule has 31 heavy (non-hydrogen) atoms. The lowest BCUT2D eigenvalue weighted by atomic mass is 10.1. The van der Waals surface area contributed by atoms with E-state index in [9.17, 15) is 18.5 Å². The number of hydrogen-bond donors (Lipinski definition) is 1. The second kappa shape index (κ2) is 8.05. The number of rotatable bonds is 5. The van der Waals surface area contributed by atoms with Gasteiger partial charge in [0.25, 0.3) is 15.9 Å². The molecule has 0 bridgehead atoms. The van der Waals surface area contributed by atoms with Crippen LogP contribution >= 0.6 is 0 Å². The van der Waals surface area contributed by atoms with Crippen LogP contribution in [-0.2, 0) is 16.6 Å². The van der Waals surface area contributed by atoms with Gasteiger partial charge in [-0.2, -0.15) is 10.4 Å². The standard InChI is InChI=1S/C23H18N4O3S/c1-16-7-6-10-19(13-16)31(29,30)26-23(28)22-20-11-4-5-12-21(20)27(25-22)15-18-9-3-2-8-17(18)14-24/h2-13H,15H2,1H3,(H,26,28). The summed E-state index contributed by atoms with van der Waals surface area (Å²) in [5.41, 5.74) is 2.68. The van der Waals surface area contributed by atoms with E-state index < -0.39 is 15.9 Å². The van der Waals surface area contributed by atoms with Crippen molar-refractivity contribution in [3.05, 3.63) is 95.2 Å². The Labute approximate surface area is 179 Å². The van der Waals surface area contributed by atoms with Gasteiger partial charge in [0.2, 0.25) is 0 Å². The third-order valence-electron chi connectivity index (χ3n) is 4.86. The molecule has 0 aliphatic carbocycles. The van der Waals surface area contributed by atoms with Gasteiger partial charge in [0, 0.05) is 5.39 Å². The molecule has 0 aliphatic rings. The van der Waals surface area contributed by atoms with E-state index in [1.807, 2.05) is 18.2 Å². The molecule has 0 spiro atoms. The number of aromatic nitrogens is 2. The molecule has 4 aromatic rings. The highest BCUT2D eigenvalue weighted by Crippen LogP contribution is 2.21. The van der Waals surface area contributed by atoms with Gasteiger partial charge in [0.1, 0.15) is 0 Å². The number of para-hydroxylation sites is 1. The molecule has 4 rings (SSSR count). The SMILES string of the molecule is Cc1cccc(S(=O)(=O)NC(=O)c2nn(Cc3ccccc3C#N)c3ccccc23)c1. The molecule has 7 nitrogen and oxygen atoms in total. The smallest absolute Gasteiger partial charge is 0.266 e. The number of sulfonamides is 1. The zero-order valence-electron chi connectivity index (χ0n) is 16.6. The van der Waals surface area contributed by atoms with Gasteiger partial charge in [0.15, 0.2) is 5.69 Å². The summed E-state index contributed by atoms with van der Waals surface area (Å²) in [7, 11) is -4.05. The van der Waals surface area contributed by atoms with E-state index in [1.165, 1.54) is 12.1 Å². The van der Waals surface area contributed by atoms with Crippen LogP contribution in [0.4, 0.5) is 0 Å². The van der Waals surface area contributed by atoms with Gasteiger partial charge in [-0.05, 0) is 42.3 Å². The first-order valence-corrected chi connectivity index (χ1v) is 10.9. The van der Waals surface area contributed by atoms with Crippen LogP contribution in [0.5, 0.6) is 0 Å². The molecule has 0 saturated heterocycles. The van der Waals surface area contributed by atoms with E-state index in [4.69, 9.17) is 0 Å². The topological polar surface area (TPSA) is 105 Å². The van der Waals surface area contributed by atoms with Crippen molar-refractivity contribution in [2.24, 2.45) is 0 Å². The monoisotopic (exact) mass is 430 g/mol. The number of fused-ring (bicyclic) bond motifs is 1. The molecule has 0 saturated carbocycles. The molecular formula is C23H18N4O3S. The molecule has 0 radical (unpaired) electrons. The highest BCUT2D eigenvalue weighted by molar-refractivity contribution is 7.90. The van der Waals surface area contributed by atoms with Crippen molar-refractivity contribution in [2.75, 3.05) is 0 Å². The zero-order valence-corrected chi connectivity index (χ0v) is 17.4. The average molecular weight is 430 g/mol. The number of nitriles is 1. The van der Waals surface area contributed by atoms with Crippen molar-refractivity contribution in [1.82, 2.24) is 14.5 Å². The fourth-order valence-corrected chi connectivity index (χ4v) is 4.41. The summed E-state index contributed by atoms with van der Waals surface area (Å²) in [6, 6.07) is 22.7. The number of amides is 1. The van der Waals surface area contributed by atoms with Crippen LogP contribution in [0, 0.1) is 18.3 Å². The predicted octanol–water partition coefficient (Wildman–Crippen LogP) is 3.38. The highest BCUT2D eigenvalue weighted by Gasteiger charge is 2.23. The van der Waals surface area contributed by atoms with E-state index in [1.54, 1.807) is 54.1 Å². The summed E-state index contributed by atoms with van der Waals surface area (Å²) in [4.78, 5) is 12.9. The van der Waals surface area contributed by atoms with Crippen LogP contribution in [0.1, 0.15) is 27.2 Å². The molecule has 0 aliphatic heterocycles. The lowest BCUT2D eigenvalue weighted by Crippen LogP contribution is -2.31. The molecule has 154 valence electrons. The predicted molar refractivity (Wildman–Crippen MR) is 116 cm³/mol. The first-order chi connectivity index (χ1) is 14.9. The summed E-state index contributed by atoms with van der Waals surface area (Å²) in [6.45, 7) is 2.04. The lowest BCUT2D eigenvalue weighted by molar-refractivity contribution is 0.0977. The van der Waals surface area contributed by atoms with Crippen LogP contribution < -0.4 is 4.72 Å². The Bertz CT molecular complexity index is 1450. The fourth-order valence-electron chi connectivity index (χ4n) is 3.36. The van der Waals surface area contributed by atoms with Crippen molar-refractivity contribution in [2.45, 2.75) is 18.4 Å². The maximum absolute atomic E-state index is 12.9. The molecule has 1 N–H and O–H groups in total. The molecule has 1 aromatic heterocycles. The quantitative estimate of drug-likeness (QED) is 0.523. The van der Waals surface area contributed by atoms with Gasteiger partial charge in [0.05, 0.1) is 28.6 Å². The Hall–Kier alpha value is -3.96. The van der Waals surface area contributed by atoms with Gasteiger partial charge in [-0.3, -0.25) is 9.48 Å². The summed E-state index contributed by atoms with van der Waals surface area (Å²) in [6.07, 6.45) is 0. The molecule has 8 heteroatoms. The molecule has 3 aromatic carbocycles. The van der Waals surface area contributed by atoms with Gasteiger partial charge in [-0.15, -0.1) is 0 Å². The number of nitrogens with zero attached hydrogens (tertiary/aromatic N) is 3. The van der Waals surface area contributed by atoms with E-state index >= 15 is 0 Å². The molecule has 0 unspecified atom stereocenters. The number of carbonyl (C=O) groups excluding carboxylic acids is 1. The van der Waals surface area contributed by atoms with Crippen LogP contribution in [0.3, 0.4) is 0 Å². The molecule has 1 amide bonds. The van der Waals surface area contributed by atoms with Crippen molar-refractivity contribution < 1.29 is 13.2 Å². The van der Waals surface area contributed by atoms with Crippen LogP contribution in [0.25, 0.3) is 10.9 Å². The Morgan fingerprint density at radius 3 is 2.58 bits per heavy atom. The van der Waals surface area contributed by atoms with Crippen molar-refractivity contribution in [3.8, 4) is 6.07 Å². The maximum Gasteiger partial charge on any atom is 0.286 e.